The van der Waals surface area contributed by atoms with Crippen LogP contribution in [0.2, 0.25) is 6.04 Å². The second kappa shape index (κ2) is 9.99. The van der Waals surface area contributed by atoms with E-state index in [0.717, 1.165) is 37.7 Å². The molecule has 0 spiro atoms. The maximum absolute atomic E-state index is 5.84. The lowest BCUT2D eigenvalue weighted by Gasteiger charge is -2.28. The van der Waals surface area contributed by atoms with Crippen LogP contribution in [-0.2, 0) is 19.8 Å². The van der Waals surface area contributed by atoms with Gasteiger partial charge >= 0.3 is 8.80 Å². The summed E-state index contributed by atoms with van der Waals surface area (Å²) < 4.78 is 19.3. The average molecular weight is 316 g/mol. The maximum atomic E-state index is 5.84. The van der Waals surface area contributed by atoms with Gasteiger partial charge in [0, 0.05) is 32.4 Å². The van der Waals surface area contributed by atoms with Crippen LogP contribution in [-0.4, -0.2) is 48.8 Å². The van der Waals surface area contributed by atoms with Crippen molar-refractivity contribution in [3.8, 4) is 0 Å². The summed E-state index contributed by atoms with van der Waals surface area (Å²) in [6.07, 6.45) is 3.16. The van der Waals surface area contributed by atoms with Gasteiger partial charge in [0.15, 0.2) is 0 Å². The summed E-state index contributed by atoms with van der Waals surface area (Å²) in [5, 5.41) is 11.5. The fourth-order valence-corrected chi connectivity index (χ4v) is 4.92. The first-order valence-corrected chi connectivity index (χ1v) is 9.75. The van der Waals surface area contributed by atoms with Gasteiger partial charge in [-0.2, -0.15) is 0 Å². The molecule has 0 amide bonds. The Balaban J connectivity index is 2.33. The summed E-state index contributed by atoms with van der Waals surface area (Å²) in [6.45, 7) is 10.6. The van der Waals surface area contributed by atoms with Crippen LogP contribution in [0.3, 0.4) is 0 Å². The van der Waals surface area contributed by atoms with Gasteiger partial charge in [0.25, 0.3) is 0 Å². The highest BCUT2D eigenvalue weighted by molar-refractivity contribution is 6.60. The molecule has 0 aliphatic rings. The van der Waals surface area contributed by atoms with E-state index in [1.54, 1.807) is 0 Å². The Hall–Kier alpha value is -0.833. The predicted molar refractivity (Wildman–Crippen MR) is 81.8 cm³/mol. The Bertz CT molecular complexity index is 372. The van der Waals surface area contributed by atoms with Crippen molar-refractivity contribution in [2.45, 2.75) is 59.5 Å². The highest BCUT2D eigenvalue weighted by Gasteiger charge is 2.39. The van der Waals surface area contributed by atoms with Crippen LogP contribution in [0, 0.1) is 6.92 Å². The molecule has 21 heavy (non-hydrogen) atoms. The lowest BCUT2D eigenvalue weighted by molar-refractivity contribution is 0.0706. The molecule has 0 N–H and O–H groups in total. The molecule has 0 bridgehead atoms. The number of aryl methyl sites for hydroxylation is 2. The molecule has 0 fully saturated rings. The minimum absolute atomic E-state index is 0.635. The standard InChI is InChI=1S/C13H28N4O3Si/c1-5-18-21(19-6-2,20-7-3)12-10-8-9-11-17-13(4)14-15-16-17/h5-12H2,1-4H3. The van der Waals surface area contributed by atoms with Crippen molar-refractivity contribution in [1.29, 1.82) is 0 Å². The average Bonchev–Trinajstić information content (AvgIpc) is 2.85. The molecule has 1 rings (SSSR count). The number of hydrogen-bond donors (Lipinski definition) is 0. The smallest absolute Gasteiger partial charge is 0.374 e. The third kappa shape index (κ3) is 6.21. The Labute approximate surface area is 128 Å². The van der Waals surface area contributed by atoms with Crippen LogP contribution in [0.1, 0.15) is 45.9 Å². The molecule has 0 saturated carbocycles. The summed E-state index contributed by atoms with van der Waals surface area (Å²) in [7, 11) is -2.47. The van der Waals surface area contributed by atoms with E-state index in [4.69, 9.17) is 13.3 Å². The van der Waals surface area contributed by atoms with Gasteiger partial charge in [-0.05, 0) is 51.0 Å². The summed E-state index contributed by atoms with van der Waals surface area (Å²) in [6, 6.07) is 0.872. The zero-order chi connectivity index (χ0) is 15.6. The topological polar surface area (TPSA) is 71.3 Å². The van der Waals surface area contributed by atoms with Gasteiger partial charge in [0.2, 0.25) is 0 Å². The molecule has 1 heterocycles. The molecule has 8 heteroatoms. The molecule has 0 aliphatic heterocycles. The fraction of sp³-hybridized carbons (Fsp3) is 0.923. The SMILES string of the molecule is CCO[Si](CCCCCn1nnnc1C)(OCC)OCC. The molecule has 1 aromatic heterocycles. The fourth-order valence-electron chi connectivity index (χ4n) is 2.24. The molecule has 0 radical (unpaired) electrons. The van der Waals surface area contributed by atoms with Crippen molar-refractivity contribution in [3.63, 3.8) is 0 Å². The highest BCUT2D eigenvalue weighted by Crippen LogP contribution is 2.20. The first-order chi connectivity index (χ1) is 10.2. The summed E-state index contributed by atoms with van der Waals surface area (Å²) in [5.74, 6) is 0.858. The van der Waals surface area contributed by atoms with Gasteiger partial charge < -0.3 is 13.3 Å². The third-order valence-electron chi connectivity index (χ3n) is 3.16. The van der Waals surface area contributed by atoms with Gasteiger partial charge in [0.1, 0.15) is 5.82 Å². The zero-order valence-electron chi connectivity index (χ0n) is 13.7. The second-order valence-electron chi connectivity index (χ2n) is 4.74. The van der Waals surface area contributed by atoms with Gasteiger partial charge in [-0.1, -0.05) is 6.42 Å². The Kier molecular flexibility index (Phi) is 8.66. The largest absolute Gasteiger partial charge is 0.500 e. The van der Waals surface area contributed by atoms with Crippen LogP contribution in [0.4, 0.5) is 0 Å². The zero-order valence-corrected chi connectivity index (χ0v) is 14.7. The maximum Gasteiger partial charge on any atom is 0.500 e. The second-order valence-corrected chi connectivity index (χ2v) is 7.47. The van der Waals surface area contributed by atoms with Crippen molar-refractivity contribution in [2.24, 2.45) is 0 Å². The van der Waals surface area contributed by atoms with Gasteiger partial charge in [-0.15, -0.1) is 5.10 Å². The van der Waals surface area contributed by atoms with E-state index in [2.05, 4.69) is 15.5 Å². The third-order valence-corrected chi connectivity index (χ3v) is 6.31. The van der Waals surface area contributed by atoms with Crippen molar-refractivity contribution < 1.29 is 13.3 Å². The number of aromatic nitrogens is 4. The van der Waals surface area contributed by atoms with E-state index in [0.29, 0.717) is 19.8 Å². The summed E-state index contributed by atoms with van der Waals surface area (Å²) in [5.41, 5.74) is 0. The number of nitrogens with zero attached hydrogens (tertiary/aromatic N) is 4. The van der Waals surface area contributed by atoms with Gasteiger partial charge in [0.05, 0.1) is 0 Å². The molecule has 0 atom stereocenters. The quantitative estimate of drug-likeness (QED) is 0.435. The molecule has 1 aromatic rings. The number of unbranched alkanes of at least 4 members (excludes halogenated alkanes) is 2. The molecule has 7 nitrogen and oxygen atoms in total. The first-order valence-electron chi connectivity index (χ1n) is 7.82. The van der Waals surface area contributed by atoms with Crippen LogP contribution < -0.4 is 0 Å². The Morgan fingerprint density at radius 3 is 2.05 bits per heavy atom. The van der Waals surface area contributed by atoms with Crippen LogP contribution in [0.25, 0.3) is 0 Å². The van der Waals surface area contributed by atoms with Crippen LogP contribution in [0.15, 0.2) is 0 Å². The molecule has 0 saturated heterocycles. The molecule has 0 aliphatic carbocycles. The van der Waals surface area contributed by atoms with Crippen molar-refractivity contribution >= 4 is 8.80 Å². The highest BCUT2D eigenvalue weighted by atomic mass is 28.4. The van der Waals surface area contributed by atoms with Crippen LogP contribution >= 0.6 is 0 Å². The Morgan fingerprint density at radius 2 is 1.57 bits per heavy atom. The van der Waals surface area contributed by atoms with E-state index >= 15 is 0 Å². The number of hydrogen-bond acceptors (Lipinski definition) is 6. The van der Waals surface area contributed by atoms with Crippen molar-refractivity contribution in [1.82, 2.24) is 20.2 Å². The summed E-state index contributed by atoms with van der Waals surface area (Å²) in [4.78, 5) is 0. The predicted octanol–water partition coefficient (Wildman–Crippen LogP) is 2.20. The summed E-state index contributed by atoms with van der Waals surface area (Å²) >= 11 is 0. The normalized spacial score (nSPS) is 12.0. The van der Waals surface area contributed by atoms with E-state index in [1.165, 1.54) is 0 Å². The molecule has 122 valence electrons. The minimum atomic E-state index is -2.47. The van der Waals surface area contributed by atoms with E-state index in [9.17, 15) is 0 Å². The minimum Gasteiger partial charge on any atom is -0.374 e. The molecular weight excluding hydrogens is 288 g/mol. The van der Waals surface area contributed by atoms with Gasteiger partial charge in [-0.25, -0.2) is 4.68 Å². The molecule has 0 aromatic carbocycles. The van der Waals surface area contributed by atoms with Gasteiger partial charge in [-0.3, -0.25) is 0 Å². The van der Waals surface area contributed by atoms with Crippen LogP contribution in [0.5, 0.6) is 0 Å². The van der Waals surface area contributed by atoms with E-state index < -0.39 is 8.80 Å². The molecule has 0 unspecified atom stereocenters. The molecular formula is C13H28N4O3Si. The lowest BCUT2D eigenvalue weighted by atomic mass is 10.2. The van der Waals surface area contributed by atoms with E-state index in [1.807, 2.05) is 32.4 Å². The monoisotopic (exact) mass is 316 g/mol. The number of rotatable bonds is 12. The van der Waals surface area contributed by atoms with E-state index in [-0.39, 0.29) is 0 Å². The number of tetrazole rings is 1. The van der Waals surface area contributed by atoms with Crippen molar-refractivity contribution in [2.75, 3.05) is 19.8 Å². The van der Waals surface area contributed by atoms with Crippen molar-refractivity contribution in [3.05, 3.63) is 5.82 Å². The lowest BCUT2D eigenvalue weighted by Crippen LogP contribution is -2.45. The first kappa shape index (κ1) is 18.2. The Morgan fingerprint density at radius 1 is 0.952 bits per heavy atom.